The second-order valence-corrected chi connectivity index (χ2v) is 17.3. The molecule has 3 rings (SSSR count). The number of rotatable bonds is 18. The fourth-order valence-corrected chi connectivity index (χ4v) is 6.48. The molecule has 1 aromatic rings. The van der Waals surface area contributed by atoms with Gasteiger partial charge in [0.05, 0.1) is 5.92 Å². The maximum atomic E-state index is 13.5. The first-order chi connectivity index (χ1) is 25.7. The largest absolute Gasteiger partial charge is 0.445 e. The number of likely N-dealkylation sites (tertiary alicyclic amines) is 2. The number of ether oxygens (including phenoxy) is 1. The number of unbranched alkanes of at least 4 members (excludes halogenated alkanes) is 2. The zero-order valence-corrected chi connectivity index (χ0v) is 33.9. The Bertz CT molecular complexity index is 1530. The summed E-state index contributed by atoms with van der Waals surface area (Å²) in [6, 6.07) is 4.20. The van der Waals surface area contributed by atoms with Gasteiger partial charge in [0.2, 0.25) is 29.5 Å². The van der Waals surface area contributed by atoms with E-state index in [1.165, 1.54) is 4.90 Å². The second kappa shape index (κ2) is 19.8. The molecule has 306 valence electrons. The van der Waals surface area contributed by atoms with Crippen molar-refractivity contribution in [2.45, 2.75) is 119 Å². The number of imide groups is 1. The molecule has 2 fully saturated rings. The molecule has 0 bridgehead atoms. The number of nitrogens with one attached hydrogen (secondary N) is 4. The quantitative estimate of drug-likeness (QED) is 0.107. The summed E-state index contributed by atoms with van der Waals surface area (Å²) in [7, 11) is 0. The number of amides is 8. The minimum atomic E-state index is -0.997. The van der Waals surface area contributed by atoms with E-state index in [1.807, 2.05) is 20.8 Å². The molecule has 0 aliphatic carbocycles. The van der Waals surface area contributed by atoms with Crippen molar-refractivity contribution in [3.8, 4) is 0 Å². The summed E-state index contributed by atoms with van der Waals surface area (Å²) >= 11 is 0. The van der Waals surface area contributed by atoms with Gasteiger partial charge in [-0.15, -0.1) is 0 Å². The van der Waals surface area contributed by atoms with Gasteiger partial charge in [0, 0.05) is 44.7 Å². The van der Waals surface area contributed by atoms with E-state index in [0.717, 1.165) is 5.56 Å². The molecule has 0 radical (unpaired) electrons. The standard InChI is InChI=1S/C40H63N7O8/c1-25(2)33(45-31(48)14-10-9-11-20-47-32(49)21-29(36(47)52)40(6,7)8)35(51)44-30(13-12-19-42-37(41)53)34(50)43-28-17-15-26(16-18-28)24-55-38(54)46-22-27(23-46)39(3,4)5/h15-18,25,27,29-30,33H,9-14,19-24H2,1-8H3,(H,43,50)(H,44,51)(H,45,48)(H3,41,42,53)/t29?,30-,33-/m0/s1. The van der Waals surface area contributed by atoms with Gasteiger partial charge in [0.1, 0.15) is 18.7 Å². The minimum absolute atomic E-state index is 0.0796. The van der Waals surface area contributed by atoms with Gasteiger partial charge < -0.3 is 36.6 Å². The average Bonchev–Trinajstić information content (AvgIpc) is 3.35. The molecule has 2 aliphatic rings. The Morgan fingerprint density at radius 1 is 0.873 bits per heavy atom. The zero-order chi connectivity index (χ0) is 41.1. The number of hydrogen-bond donors (Lipinski definition) is 5. The third-order valence-corrected chi connectivity index (χ3v) is 10.4. The Labute approximate surface area is 325 Å². The van der Waals surface area contributed by atoms with Crippen LogP contribution in [0.15, 0.2) is 24.3 Å². The molecule has 3 atom stereocenters. The Morgan fingerprint density at radius 3 is 2.09 bits per heavy atom. The monoisotopic (exact) mass is 769 g/mol. The zero-order valence-electron chi connectivity index (χ0n) is 33.9. The number of anilines is 1. The number of primary amides is 1. The van der Waals surface area contributed by atoms with Crippen molar-refractivity contribution < 1.29 is 38.3 Å². The fraction of sp³-hybridized carbons (Fsp3) is 0.675. The van der Waals surface area contributed by atoms with E-state index >= 15 is 0 Å². The number of urea groups is 1. The van der Waals surface area contributed by atoms with Gasteiger partial charge in [-0.3, -0.25) is 28.9 Å². The number of carbonyl (C=O) groups excluding carboxylic acids is 7. The highest BCUT2D eigenvalue weighted by atomic mass is 16.6. The van der Waals surface area contributed by atoms with Crippen LogP contribution in [0.1, 0.15) is 106 Å². The van der Waals surface area contributed by atoms with E-state index in [-0.39, 0.29) is 78.9 Å². The van der Waals surface area contributed by atoms with Gasteiger partial charge in [0.15, 0.2) is 0 Å². The van der Waals surface area contributed by atoms with E-state index in [2.05, 4.69) is 42.0 Å². The van der Waals surface area contributed by atoms with Crippen LogP contribution in [0, 0.1) is 28.6 Å². The number of nitrogens with zero attached hydrogens (tertiary/aromatic N) is 2. The third-order valence-electron chi connectivity index (χ3n) is 10.4. The lowest BCUT2D eigenvalue weighted by molar-refractivity contribution is -0.140. The molecule has 0 saturated carbocycles. The maximum absolute atomic E-state index is 13.5. The normalized spacial score (nSPS) is 17.4. The molecular formula is C40H63N7O8. The van der Waals surface area contributed by atoms with Crippen LogP contribution in [-0.2, 0) is 35.3 Å². The lowest BCUT2D eigenvalue weighted by Gasteiger charge is -2.45. The van der Waals surface area contributed by atoms with Crippen molar-refractivity contribution in [2.75, 3.05) is 31.5 Å². The highest BCUT2D eigenvalue weighted by molar-refractivity contribution is 6.04. The molecule has 1 aromatic carbocycles. The molecule has 55 heavy (non-hydrogen) atoms. The van der Waals surface area contributed by atoms with Crippen LogP contribution >= 0.6 is 0 Å². The summed E-state index contributed by atoms with van der Waals surface area (Å²) in [6.45, 7) is 17.8. The topological polar surface area (TPSA) is 209 Å². The third kappa shape index (κ3) is 13.8. The van der Waals surface area contributed by atoms with Crippen LogP contribution in [0.4, 0.5) is 15.3 Å². The highest BCUT2D eigenvalue weighted by Crippen LogP contribution is 2.36. The molecular weight excluding hydrogens is 706 g/mol. The lowest BCUT2D eigenvalue weighted by Crippen LogP contribution is -2.54. The van der Waals surface area contributed by atoms with Crippen molar-refractivity contribution in [1.29, 1.82) is 0 Å². The smallest absolute Gasteiger partial charge is 0.410 e. The molecule has 0 spiro atoms. The molecule has 1 unspecified atom stereocenters. The average molecular weight is 770 g/mol. The van der Waals surface area contributed by atoms with Crippen molar-refractivity contribution in [3.05, 3.63) is 29.8 Å². The first-order valence-electron chi connectivity index (χ1n) is 19.5. The summed E-state index contributed by atoms with van der Waals surface area (Å²) in [5, 5.41) is 10.9. The van der Waals surface area contributed by atoms with Crippen LogP contribution in [0.2, 0.25) is 0 Å². The van der Waals surface area contributed by atoms with Crippen LogP contribution in [0.5, 0.6) is 0 Å². The van der Waals surface area contributed by atoms with Crippen LogP contribution in [0.3, 0.4) is 0 Å². The number of carbonyl (C=O) groups is 7. The fourth-order valence-electron chi connectivity index (χ4n) is 6.48. The second-order valence-electron chi connectivity index (χ2n) is 17.3. The maximum Gasteiger partial charge on any atom is 0.410 e. The van der Waals surface area contributed by atoms with E-state index in [1.54, 1.807) is 43.0 Å². The molecule has 6 N–H and O–H groups in total. The Morgan fingerprint density at radius 2 is 1.53 bits per heavy atom. The summed E-state index contributed by atoms with van der Waals surface area (Å²) in [5.74, 6) is -1.83. The first kappa shape index (κ1) is 44.7. The Kier molecular flexibility index (Phi) is 16.1. The van der Waals surface area contributed by atoms with Gasteiger partial charge in [0.25, 0.3) is 0 Å². The van der Waals surface area contributed by atoms with Gasteiger partial charge in [-0.25, -0.2) is 9.59 Å². The van der Waals surface area contributed by atoms with Crippen LogP contribution < -0.4 is 27.0 Å². The molecule has 15 nitrogen and oxygen atoms in total. The lowest BCUT2D eigenvalue weighted by atomic mass is 9.76. The Balaban J connectivity index is 1.50. The van der Waals surface area contributed by atoms with E-state index in [4.69, 9.17) is 10.5 Å². The van der Waals surface area contributed by atoms with Gasteiger partial charge in [-0.2, -0.15) is 0 Å². The predicted octanol–water partition coefficient (Wildman–Crippen LogP) is 4.30. The van der Waals surface area contributed by atoms with Crippen molar-refractivity contribution >= 4 is 47.3 Å². The molecule has 2 heterocycles. The number of hydrogen-bond acceptors (Lipinski definition) is 8. The van der Waals surface area contributed by atoms with Gasteiger partial charge in [-0.1, -0.05) is 73.9 Å². The molecule has 2 aliphatic heterocycles. The summed E-state index contributed by atoms with van der Waals surface area (Å²) in [6.07, 6.45) is 2.22. The number of nitrogens with two attached hydrogens (primary N) is 1. The molecule has 2 saturated heterocycles. The van der Waals surface area contributed by atoms with Crippen LogP contribution in [-0.4, -0.2) is 89.7 Å². The highest BCUT2D eigenvalue weighted by Gasteiger charge is 2.44. The van der Waals surface area contributed by atoms with Crippen molar-refractivity contribution in [2.24, 2.45) is 34.3 Å². The summed E-state index contributed by atoms with van der Waals surface area (Å²) < 4.78 is 5.47. The van der Waals surface area contributed by atoms with Crippen molar-refractivity contribution in [1.82, 2.24) is 25.8 Å². The van der Waals surface area contributed by atoms with E-state index < -0.39 is 29.9 Å². The van der Waals surface area contributed by atoms with Gasteiger partial charge >= 0.3 is 12.1 Å². The molecule has 8 amide bonds. The van der Waals surface area contributed by atoms with Crippen LogP contribution in [0.25, 0.3) is 0 Å². The predicted molar refractivity (Wildman–Crippen MR) is 208 cm³/mol. The Hall–Kier alpha value is -4.69. The summed E-state index contributed by atoms with van der Waals surface area (Å²) in [5.41, 5.74) is 6.22. The van der Waals surface area contributed by atoms with E-state index in [9.17, 15) is 33.6 Å². The summed E-state index contributed by atoms with van der Waals surface area (Å²) in [4.78, 5) is 91.7. The SMILES string of the molecule is CC(C)[C@H](NC(=O)CCCCCN1C(=O)CC(C(C)(C)C)C1=O)C(=O)N[C@@H](CCCNC(N)=O)C(=O)Nc1ccc(COC(=O)N2CC(C(C)(C)C)C2)cc1. The number of benzene rings is 1. The minimum Gasteiger partial charge on any atom is -0.445 e. The first-order valence-corrected chi connectivity index (χ1v) is 19.5. The van der Waals surface area contributed by atoms with Gasteiger partial charge in [-0.05, 0) is 66.0 Å². The van der Waals surface area contributed by atoms with E-state index in [0.29, 0.717) is 56.9 Å². The molecule has 15 heteroatoms. The molecule has 0 aromatic heterocycles. The van der Waals surface area contributed by atoms with Crippen molar-refractivity contribution in [3.63, 3.8) is 0 Å².